The first kappa shape index (κ1) is 22.7. The van der Waals surface area contributed by atoms with Crippen LogP contribution in [-0.2, 0) is 11.3 Å². The van der Waals surface area contributed by atoms with Gasteiger partial charge in [0.15, 0.2) is 5.96 Å². The van der Waals surface area contributed by atoms with E-state index in [1.807, 2.05) is 17.0 Å². The lowest BCUT2D eigenvalue weighted by atomic mass is 10.2. The lowest BCUT2D eigenvalue weighted by Crippen LogP contribution is -2.54. The largest absolute Gasteiger partial charge is 0.508 e. The SMILES string of the molecule is CCNC(=NCc1ccc(O)cc1)N1CCN(CC(=O)N2CCCC2)CC1.I. The Labute approximate surface area is 184 Å². The van der Waals surface area contributed by atoms with Gasteiger partial charge in [0.1, 0.15) is 5.75 Å². The van der Waals surface area contributed by atoms with Crippen molar-refractivity contribution in [1.29, 1.82) is 0 Å². The molecule has 0 unspecified atom stereocenters. The average Bonchev–Trinajstić information content (AvgIpc) is 3.22. The summed E-state index contributed by atoms with van der Waals surface area (Å²) in [7, 11) is 0. The van der Waals surface area contributed by atoms with Crippen LogP contribution in [0.25, 0.3) is 0 Å². The van der Waals surface area contributed by atoms with Crippen LogP contribution in [-0.4, -0.2) is 84.0 Å². The average molecular weight is 501 g/mol. The maximum Gasteiger partial charge on any atom is 0.236 e. The van der Waals surface area contributed by atoms with Gasteiger partial charge in [-0.1, -0.05) is 12.1 Å². The summed E-state index contributed by atoms with van der Waals surface area (Å²) in [5, 5.41) is 12.8. The minimum absolute atomic E-state index is 0. The van der Waals surface area contributed by atoms with Crippen LogP contribution in [0.15, 0.2) is 29.3 Å². The number of phenols is 1. The third-order valence-corrected chi connectivity index (χ3v) is 5.17. The zero-order chi connectivity index (χ0) is 19.1. The third kappa shape index (κ3) is 6.51. The van der Waals surface area contributed by atoms with E-state index in [1.54, 1.807) is 12.1 Å². The number of hydrogen-bond acceptors (Lipinski definition) is 4. The van der Waals surface area contributed by atoms with Gasteiger partial charge in [0.2, 0.25) is 5.91 Å². The fraction of sp³-hybridized carbons (Fsp3) is 0.600. The molecule has 2 aliphatic heterocycles. The maximum atomic E-state index is 12.3. The molecule has 3 rings (SSSR count). The standard InChI is InChI=1S/C20H31N5O2.HI/c1-2-21-20(22-15-17-5-7-18(26)8-6-17)25-13-11-23(12-14-25)16-19(27)24-9-3-4-10-24;/h5-8,26H,2-4,9-16H2,1H3,(H,21,22);1H. The number of halogens is 1. The van der Waals surface area contributed by atoms with Gasteiger partial charge in [0.05, 0.1) is 13.1 Å². The number of carbonyl (C=O) groups is 1. The number of nitrogens with zero attached hydrogens (tertiary/aromatic N) is 4. The van der Waals surface area contributed by atoms with Crippen LogP contribution >= 0.6 is 24.0 Å². The Morgan fingerprint density at radius 1 is 1.04 bits per heavy atom. The monoisotopic (exact) mass is 501 g/mol. The molecule has 2 saturated heterocycles. The Morgan fingerprint density at radius 3 is 2.29 bits per heavy atom. The highest BCUT2D eigenvalue weighted by molar-refractivity contribution is 14.0. The summed E-state index contributed by atoms with van der Waals surface area (Å²) in [6.45, 7) is 9.35. The Balaban J connectivity index is 0.00000280. The molecule has 0 saturated carbocycles. The van der Waals surface area contributed by atoms with Gasteiger partial charge >= 0.3 is 0 Å². The molecule has 2 aliphatic rings. The zero-order valence-corrected chi connectivity index (χ0v) is 19.0. The highest BCUT2D eigenvalue weighted by Crippen LogP contribution is 2.12. The first-order chi connectivity index (χ1) is 13.2. The van der Waals surface area contributed by atoms with Gasteiger partial charge in [0.25, 0.3) is 0 Å². The molecular weight excluding hydrogens is 469 g/mol. The molecule has 0 aromatic heterocycles. The number of guanidine groups is 1. The second-order valence-electron chi connectivity index (χ2n) is 7.19. The second kappa shape index (κ2) is 11.5. The maximum absolute atomic E-state index is 12.3. The molecule has 0 atom stereocenters. The van der Waals surface area contributed by atoms with Gasteiger partial charge in [-0.2, -0.15) is 0 Å². The Hall–Kier alpha value is -1.55. The van der Waals surface area contributed by atoms with Crippen LogP contribution < -0.4 is 5.32 Å². The lowest BCUT2D eigenvalue weighted by Gasteiger charge is -2.36. The highest BCUT2D eigenvalue weighted by Gasteiger charge is 2.24. The van der Waals surface area contributed by atoms with E-state index in [1.165, 1.54) is 0 Å². The number of carbonyl (C=O) groups excluding carboxylic acids is 1. The molecule has 0 bridgehead atoms. The molecule has 0 radical (unpaired) electrons. The fourth-order valence-electron chi connectivity index (χ4n) is 3.57. The van der Waals surface area contributed by atoms with Gasteiger partial charge in [0, 0.05) is 45.8 Å². The Morgan fingerprint density at radius 2 is 1.68 bits per heavy atom. The molecule has 7 nitrogen and oxygen atoms in total. The van der Waals surface area contributed by atoms with Crippen LogP contribution in [0.5, 0.6) is 5.75 Å². The predicted molar refractivity (Wildman–Crippen MR) is 122 cm³/mol. The normalized spacial score (nSPS) is 18.1. The molecule has 0 aliphatic carbocycles. The molecule has 2 heterocycles. The van der Waals surface area contributed by atoms with Crippen LogP contribution in [0.2, 0.25) is 0 Å². The molecular formula is C20H32IN5O2. The summed E-state index contributed by atoms with van der Waals surface area (Å²) in [6.07, 6.45) is 2.28. The molecule has 1 aromatic rings. The summed E-state index contributed by atoms with van der Waals surface area (Å²) in [5.74, 6) is 1.46. The zero-order valence-electron chi connectivity index (χ0n) is 16.6. The van der Waals surface area contributed by atoms with Crippen molar-refractivity contribution in [2.75, 3.05) is 52.4 Å². The van der Waals surface area contributed by atoms with Crippen molar-refractivity contribution < 1.29 is 9.90 Å². The van der Waals surface area contributed by atoms with Crippen molar-refractivity contribution in [2.24, 2.45) is 4.99 Å². The molecule has 156 valence electrons. The number of nitrogens with one attached hydrogen (secondary N) is 1. The number of phenolic OH excluding ortho intramolecular Hbond substituents is 1. The second-order valence-corrected chi connectivity index (χ2v) is 7.19. The number of rotatable bonds is 5. The topological polar surface area (TPSA) is 71.4 Å². The highest BCUT2D eigenvalue weighted by atomic mass is 127. The summed E-state index contributed by atoms with van der Waals surface area (Å²) < 4.78 is 0. The molecule has 2 fully saturated rings. The summed E-state index contributed by atoms with van der Waals surface area (Å²) in [6, 6.07) is 7.16. The van der Waals surface area contributed by atoms with Crippen LogP contribution in [0, 0.1) is 0 Å². The Bertz CT molecular complexity index is 639. The van der Waals surface area contributed by atoms with Crippen LogP contribution in [0.3, 0.4) is 0 Å². The van der Waals surface area contributed by atoms with Crippen LogP contribution in [0.4, 0.5) is 0 Å². The number of amides is 1. The van der Waals surface area contributed by atoms with E-state index in [9.17, 15) is 9.90 Å². The van der Waals surface area contributed by atoms with Crippen molar-refractivity contribution >= 4 is 35.8 Å². The summed E-state index contributed by atoms with van der Waals surface area (Å²) in [4.78, 5) is 23.6. The number of piperazine rings is 1. The number of benzene rings is 1. The van der Waals surface area contributed by atoms with Crippen molar-refractivity contribution in [3.8, 4) is 5.75 Å². The quantitative estimate of drug-likeness (QED) is 0.366. The summed E-state index contributed by atoms with van der Waals surface area (Å²) in [5.41, 5.74) is 1.07. The van der Waals surface area contributed by atoms with E-state index in [0.717, 1.165) is 70.2 Å². The number of aromatic hydroxyl groups is 1. The van der Waals surface area contributed by atoms with Gasteiger partial charge in [-0.15, -0.1) is 24.0 Å². The van der Waals surface area contributed by atoms with Crippen molar-refractivity contribution in [1.82, 2.24) is 20.0 Å². The minimum atomic E-state index is 0. The first-order valence-corrected chi connectivity index (χ1v) is 9.97. The van der Waals surface area contributed by atoms with Gasteiger partial charge in [-0.05, 0) is 37.5 Å². The first-order valence-electron chi connectivity index (χ1n) is 9.97. The molecule has 1 amide bonds. The van der Waals surface area contributed by atoms with Crippen molar-refractivity contribution in [3.63, 3.8) is 0 Å². The third-order valence-electron chi connectivity index (χ3n) is 5.17. The smallest absolute Gasteiger partial charge is 0.236 e. The number of hydrogen-bond donors (Lipinski definition) is 2. The molecule has 1 aromatic carbocycles. The van der Waals surface area contributed by atoms with E-state index in [-0.39, 0.29) is 35.6 Å². The van der Waals surface area contributed by atoms with E-state index in [4.69, 9.17) is 4.99 Å². The van der Waals surface area contributed by atoms with Crippen LogP contribution in [0.1, 0.15) is 25.3 Å². The van der Waals surface area contributed by atoms with E-state index >= 15 is 0 Å². The minimum Gasteiger partial charge on any atom is -0.508 e. The number of likely N-dealkylation sites (tertiary alicyclic amines) is 1. The molecule has 28 heavy (non-hydrogen) atoms. The summed E-state index contributed by atoms with van der Waals surface area (Å²) >= 11 is 0. The van der Waals surface area contributed by atoms with E-state index in [2.05, 4.69) is 22.0 Å². The predicted octanol–water partition coefficient (Wildman–Crippen LogP) is 1.72. The fourth-order valence-corrected chi connectivity index (χ4v) is 3.57. The molecule has 2 N–H and O–H groups in total. The Kier molecular flexibility index (Phi) is 9.30. The molecule has 0 spiro atoms. The van der Waals surface area contributed by atoms with Crippen molar-refractivity contribution in [3.05, 3.63) is 29.8 Å². The molecule has 8 heteroatoms. The van der Waals surface area contributed by atoms with E-state index in [0.29, 0.717) is 13.1 Å². The van der Waals surface area contributed by atoms with Gasteiger partial charge in [-0.3, -0.25) is 9.69 Å². The lowest BCUT2D eigenvalue weighted by molar-refractivity contribution is -0.131. The van der Waals surface area contributed by atoms with Crippen molar-refractivity contribution in [2.45, 2.75) is 26.3 Å². The van der Waals surface area contributed by atoms with Gasteiger partial charge in [-0.25, -0.2) is 4.99 Å². The van der Waals surface area contributed by atoms with E-state index < -0.39 is 0 Å². The number of aliphatic imine (C=N–C) groups is 1. The van der Waals surface area contributed by atoms with Gasteiger partial charge < -0.3 is 20.2 Å².